The number of anilines is 1. The highest BCUT2D eigenvalue weighted by atomic mass is 16.3. The van der Waals surface area contributed by atoms with Crippen molar-refractivity contribution in [3.8, 4) is 0 Å². The molecule has 1 saturated carbocycles. The van der Waals surface area contributed by atoms with E-state index < -0.39 is 0 Å². The van der Waals surface area contributed by atoms with Gasteiger partial charge in [-0.3, -0.25) is 0 Å². The van der Waals surface area contributed by atoms with Crippen LogP contribution in [0.3, 0.4) is 0 Å². The second kappa shape index (κ2) is 4.57. The summed E-state index contributed by atoms with van der Waals surface area (Å²) in [6.07, 6.45) is 1.70. The first-order valence-electron chi connectivity index (χ1n) is 6.79. The molecule has 1 aromatic heterocycles. The van der Waals surface area contributed by atoms with Crippen LogP contribution in [0.2, 0.25) is 0 Å². The third-order valence-corrected chi connectivity index (χ3v) is 3.88. The van der Waals surface area contributed by atoms with Crippen LogP contribution in [-0.4, -0.2) is 28.0 Å². The van der Waals surface area contributed by atoms with Gasteiger partial charge < -0.3 is 10.4 Å². The van der Waals surface area contributed by atoms with Crippen molar-refractivity contribution in [1.29, 1.82) is 0 Å². The summed E-state index contributed by atoms with van der Waals surface area (Å²) in [5, 5.41) is 17.8. The lowest BCUT2D eigenvalue weighted by atomic mass is 10.0. The molecule has 1 heterocycles. The Labute approximate surface area is 109 Å². The van der Waals surface area contributed by atoms with Gasteiger partial charge >= 0.3 is 0 Å². The van der Waals surface area contributed by atoms with Gasteiger partial charge in [0.25, 0.3) is 0 Å². The van der Waals surface area contributed by atoms with Crippen molar-refractivity contribution in [3.05, 3.63) is 11.8 Å². The molecular weight excluding hydrogens is 226 g/mol. The van der Waals surface area contributed by atoms with E-state index in [0.717, 1.165) is 24.4 Å². The smallest absolute Gasteiger partial charge is 0.124 e. The Morgan fingerprint density at radius 1 is 1.39 bits per heavy atom. The minimum atomic E-state index is -0.173. The number of aliphatic hydroxyl groups excluding tert-OH is 1. The molecule has 2 rings (SSSR count). The van der Waals surface area contributed by atoms with Gasteiger partial charge in [-0.25, -0.2) is 4.68 Å². The van der Waals surface area contributed by atoms with Gasteiger partial charge in [0.05, 0.1) is 17.3 Å². The van der Waals surface area contributed by atoms with E-state index in [4.69, 9.17) is 5.10 Å². The predicted octanol–water partition coefficient (Wildman–Crippen LogP) is 2.55. The molecule has 0 spiro atoms. The van der Waals surface area contributed by atoms with Crippen LogP contribution < -0.4 is 5.32 Å². The summed E-state index contributed by atoms with van der Waals surface area (Å²) in [5.74, 6) is 1.82. The largest absolute Gasteiger partial charge is 0.393 e. The number of hydrogen-bond donors (Lipinski definition) is 2. The van der Waals surface area contributed by atoms with Crippen LogP contribution in [0.25, 0.3) is 0 Å². The molecule has 1 aliphatic rings. The van der Waals surface area contributed by atoms with Crippen LogP contribution >= 0.6 is 0 Å². The fraction of sp³-hybridized carbons (Fsp3) is 0.786. The summed E-state index contributed by atoms with van der Waals surface area (Å²) in [6.45, 7) is 8.56. The van der Waals surface area contributed by atoms with E-state index in [2.05, 4.69) is 39.1 Å². The van der Waals surface area contributed by atoms with Gasteiger partial charge in [-0.2, -0.15) is 5.10 Å². The maximum atomic E-state index is 9.87. The number of nitrogens with zero attached hydrogens (tertiary/aromatic N) is 2. The summed E-state index contributed by atoms with van der Waals surface area (Å²) in [6, 6.07) is 2.13. The van der Waals surface area contributed by atoms with Gasteiger partial charge in [0.2, 0.25) is 0 Å². The lowest BCUT2D eigenvalue weighted by Gasteiger charge is -2.22. The Kier molecular flexibility index (Phi) is 3.41. The number of hydrogen-bond acceptors (Lipinski definition) is 3. The first kappa shape index (κ1) is 13.4. The van der Waals surface area contributed by atoms with E-state index in [1.54, 1.807) is 0 Å². The molecule has 0 bridgehead atoms. The molecule has 0 unspecified atom stereocenters. The molecule has 0 amide bonds. The molecule has 4 heteroatoms. The van der Waals surface area contributed by atoms with Crippen LogP contribution in [0.4, 0.5) is 5.82 Å². The van der Waals surface area contributed by atoms with Crippen molar-refractivity contribution in [1.82, 2.24) is 9.78 Å². The Balaban J connectivity index is 2.28. The topological polar surface area (TPSA) is 50.1 Å². The minimum absolute atomic E-state index is 0.0283. The summed E-state index contributed by atoms with van der Waals surface area (Å²) in [5.41, 5.74) is 1.08. The first-order valence-corrected chi connectivity index (χ1v) is 6.79. The van der Waals surface area contributed by atoms with Crippen molar-refractivity contribution in [2.45, 2.75) is 58.1 Å². The summed E-state index contributed by atoms with van der Waals surface area (Å²) >= 11 is 0. The predicted molar refractivity (Wildman–Crippen MR) is 73.9 cm³/mol. The molecule has 3 atom stereocenters. The zero-order valence-corrected chi connectivity index (χ0v) is 12.1. The molecule has 1 aliphatic carbocycles. The molecule has 0 saturated heterocycles. The fourth-order valence-electron chi connectivity index (χ4n) is 2.76. The fourth-order valence-corrected chi connectivity index (χ4v) is 2.76. The van der Waals surface area contributed by atoms with E-state index in [1.807, 2.05) is 11.7 Å². The molecular formula is C14H25N3O. The first-order chi connectivity index (χ1) is 8.32. The maximum Gasteiger partial charge on any atom is 0.124 e. The molecule has 4 nitrogen and oxygen atoms in total. The number of aliphatic hydroxyl groups is 1. The molecule has 0 aromatic carbocycles. The Morgan fingerprint density at radius 2 is 2.06 bits per heavy atom. The van der Waals surface area contributed by atoms with Crippen LogP contribution in [0.1, 0.15) is 52.1 Å². The third kappa shape index (κ3) is 2.39. The Bertz CT molecular complexity index is 409. The highest BCUT2D eigenvalue weighted by molar-refractivity contribution is 5.38. The summed E-state index contributed by atoms with van der Waals surface area (Å²) < 4.78 is 2.04. The molecule has 1 aromatic rings. The maximum absolute atomic E-state index is 9.87. The van der Waals surface area contributed by atoms with E-state index >= 15 is 0 Å². The van der Waals surface area contributed by atoms with Gasteiger partial charge in [-0.1, -0.05) is 6.92 Å². The lowest BCUT2D eigenvalue weighted by Crippen LogP contribution is -2.24. The monoisotopic (exact) mass is 251 g/mol. The van der Waals surface area contributed by atoms with E-state index in [9.17, 15) is 5.11 Å². The van der Waals surface area contributed by atoms with Crippen molar-refractivity contribution in [2.75, 3.05) is 12.4 Å². The standard InChI is InChI=1S/C14H25N3O/c1-9-6-10(7-12(9)18)11-8-13(15-5)17(16-11)14(2,3)4/h8-10,12,15,18H,6-7H2,1-5H3/t9-,10+,12+/m1/s1. The van der Waals surface area contributed by atoms with E-state index in [-0.39, 0.29) is 11.6 Å². The van der Waals surface area contributed by atoms with E-state index in [1.165, 1.54) is 0 Å². The van der Waals surface area contributed by atoms with E-state index in [0.29, 0.717) is 11.8 Å². The number of aromatic nitrogens is 2. The summed E-state index contributed by atoms with van der Waals surface area (Å²) in [7, 11) is 1.93. The highest BCUT2D eigenvalue weighted by Gasteiger charge is 2.33. The Hall–Kier alpha value is -1.03. The van der Waals surface area contributed by atoms with Gasteiger partial charge in [0.1, 0.15) is 5.82 Å². The quantitative estimate of drug-likeness (QED) is 0.849. The van der Waals surface area contributed by atoms with Gasteiger partial charge in [-0.05, 0) is 39.5 Å². The zero-order chi connectivity index (χ0) is 13.5. The average Bonchev–Trinajstić information content (AvgIpc) is 2.82. The lowest BCUT2D eigenvalue weighted by molar-refractivity contribution is 0.140. The Morgan fingerprint density at radius 3 is 2.44 bits per heavy atom. The van der Waals surface area contributed by atoms with Crippen molar-refractivity contribution in [3.63, 3.8) is 0 Å². The van der Waals surface area contributed by atoms with Crippen LogP contribution in [0.15, 0.2) is 6.07 Å². The SMILES string of the molecule is CNc1cc([C@H]2C[C@@H](C)[C@@H](O)C2)nn1C(C)(C)C. The summed E-state index contributed by atoms with van der Waals surface area (Å²) in [4.78, 5) is 0. The number of rotatable bonds is 2. The minimum Gasteiger partial charge on any atom is -0.393 e. The van der Waals surface area contributed by atoms with Crippen molar-refractivity contribution < 1.29 is 5.11 Å². The zero-order valence-electron chi connectivity index (χ0n) is 12.1. The molecule has 102 valence electrons. The van der Waals surface area contributed by atoms with Gasteiger partial charge in [0.15, 0.2) is 0 Å². The van der Waals surface area contributed by atoms with Gasteiger partial charge in [-0.15, -0.1) is 0 Å². The normalized spacial score (nSPS) is 28.7. The van der Waals surface area contributed by atoms with Gasteiger partial charge in [0, 0.05) is 19.0 Å². The molecule has 1 fully saturated rings. The molecule has 0 aliphatic heterocycles. The number of nitrogens with one attached hydrogen (secondary N) is 1. The average molecular weight is 251 g/mol. The molecule has 0 radical (unpaired) electrons. The van der Waals surface area contributed by atoms with Crippen LogP contribution in [-0.2, 0) is 5.54 Å². The molecule has 2 N–H and O–H groups in total. The van der Waals surface area contributed by atoms with Crippen LogP contribution in [0, 0.1) is 5.92 Å². The second-order valence-corrected chi connectivity index (χ2v) is 6.50. The highest BCUT2D eigenvalue weighted by Crippen LogP contribution is 2.39. The molecule has 18 heavy (non-hydrogen) atoms. The van der Waals surface area contributed by atoms with Crippen LogP contribution in [0.5, 0.6) is 0 Å². The van der Waals surface area contributed by atoms with Crippen molar-refractivity contribution in [2.24, 2.45) is 5.92 Å². The van der Waals surface area contributed by atoms with Crippen molar-refractivity contribution >= 4 is 5.82 Å². The second-order valence-electron chi connectivity index (χ2n) is 6.50. The third-order valence-electron chi connectivity index (χ3n) is 3.88.